The SMILES string of the molecule is Cc1ccncc1C(O)c1sccc1C. The average molecular weight is 219 g/mol. The van der Waals surface area contributed by atoms with Gasteiger partial charge >= 0.3 is 0 Å². The summed E-state index contributed by atoms with van der Waals surface area (Å²) in [6, 6.07) is 3.94. The second-order valence-corrected chi connectivity index (χ2v) is 4.55. The fraction of sp³-hybridized carbons (Fsp3) is 0.250. The quantitative estimate of drug-likeness (QED) is 0.842. The number of hydrogen-bond donors (Lipinski definition) is 1. The molecular weight excluding hydrogens is 206 g/mol. The van der Waals surface area contributed by atoms with Crippen molar-refractivity contribution in [3.63, 3.8) is 0 Å². The lowest BCUT2D eigenvalue weighted by Crippen LogP contribution is -2.01. The van der Waals surface area contributed by atoms with Crippen LogP contribution < -0.4 is 0 Å². The van der Waals surface area contributed by atoms with Gasteiger partial charge < -0.3 is 5.11 Å². The molecule has 0 amide bonds. The van der Waals surface area contributed by atoms with E-state index in [1.807, 2.05) is 31.4 Å². The summed E-state index contributed by atoms with van der Waals surface area (Å²) in [4.78, 5) is 5.06. The number of nitrogens with zero attached hydrogens (tertiary/aromatic N) is 1. The molecule has 0 spiro atoms. The Morgan fingerprint density at radius 1 is 1.27 bits per heavy atom. The minimum Gasteiger partial charge on any atom is -0.383 e. The molecule has 1 atom stereocenters. The summed E-state index contributed by atoms with van der Waals surface area (Å²) in [7, 11) is 0. The molecule has 0 saturated heterocycles. The lowest BCUT2D eigenvalue weighted by Gasteiger charge is -2.12. The second-order valence-electron chi connectivity index (χ2n) is 3.60. The molecule has 2 heterocycles. The molecule has 2 rings (SSSR count). The number of hydrogen-bond acceptors (Lipinski definition) is 3. The predicted molar refractivity (Wildman–Crippen MR) is 62.1 cm³/mol. The van der Waals surface area contributed by atoms with Crippen molar-refractivity contribution in [2.45, 2.75) is 20.0 Å². The van der Waals surface area contributed by atoms with Crippen LogP contribution in [0.25, 0.3) is 0 Å². The Kier molecular flexibility index (Phi) is 2.84. The maximum absolute atomic E-state index is 10.2. The third-order valence-electron chi connectivity index (χ3n) is 2.52. The Labute approximate surface area is 93.2 Å². The van der Waals surface area contributed by atoms with Crippen molar-refractivity contribution in [1.82, 2.24) is 4.98 Å². The van der Waals surface area contributed by atoms with E-state index >= 15 is 0 Å². The Morgan fingerprint density at radius 3 is 2.67 bits per heavy atom. The molecule has 2 aromatic heterocycles. The fourth-order valence-electron chi connectivity index (χ4n) is 1.57. The summed E-state index contributed by atoms with van der Waals surface area (Å²) in [6.45, 7) is 4.00. The molecule has 0 aliphatic heterocycles. The van der Waals surface area contributed by atoms with E-state index < -0.39 is 6.10 Å². The molecule has 3 heteroatoms. The summed E-state index contributed by atoms with van der Waals surface area (Å²) in [5.74, 6) is 0. The summed E-state index contributed by atoms with van der Waals surface area (Å²) in [5, 5.41) is 12.2. The number of aliphatic hydroxyl groups is 1. The first-order valence-corrected chi connectivity index (χ1v) is 5.70. The van der Waals surface area contributed by atoms with Gasteiger partial charge in [0, 0.05) is 22.8 Å². The van der Waals surface area contributed by atoms with Crippen molar-refractivity contribution in [1.29, 1.82) is 0 Å². The summed E-state index contributed by atoms with van der Waals surface area (Å²) in [6.07, 6.45) is 2.94. The molecule has 1 N–H and O–H groups in total. The van der Waals surface area contributed by atoms with E-state index in [1.54, 1.807) is 23.7 Å². The van der Waals surface area contributed by atoms with Gasteiger partial charge in [0.25, 0.3) is 0 Å². The average Bonchev–Trinajstić information content (AvgIpc) is 2.64. The number of aromatic nitrogens is 1. The molecule has 78 valence electrons. The van der Waals surface area contributed by atoms with Gasteiger partial charge in [-0.1, -0.05) is 0 Å². The smallest absolute Gasteiger partial charge is 0.115 e. The van der Waals surface area contributed by atoms with E-state index in [-0.39, 0.29) is 0 Å². The van der Waals surface area contributed by atoms with E-state index in [0.29, 0.717) is 0 Å². The second kappa shape index (κ2) is 4.13. The minimum atomic E-state index is -0.543. The molecule has 0 aliphatic carbocycles. The van der Waals surface area contributed by atoms with Gasteiger partial charge in [-0.15, -0.1) is 11.3 Å². The van der Waals surface area contributed by atoms with Crippen LogP contribution in [0.1, 0.15) is 27.7 Å². The van der Waals surface area contributed by atoms with Gasteiger partial charge in [0.15, 0.2) is 0 Å². The van der Waals surface area contributed by atoms with Crippen LogP contribution in [0.15, 0.2) is 29.9 Å². The Bertz CT molecular complexity index is 464. The third kappa shape index (κ3) is 1.94. The largest absolute Gasteiger partial charge is 0.383 e. The molecule has 0 fully saturated rings. The number of aryl methyl sites for hydroxylation is 2. The fourth-order valence-corrected chi connectivity index (χ4v) is 2.50. The van der Waals surface area contributed by atoms with Crippen molar-refractivity contribution < 1.29 is 5.11 Å². The van der Waals surface area contributed by atoms with E-state index in [9.17, 15) is 5.11 Å². The van der Waals surface area contributed by atoms with Gasteiger partial charge in [-0.05, 0) is 42.5 Å². The highest BCUT2D eigenvalue weighted by molar-refractivity contribution is 7.10. The van der Waals surface area contributed by atoms with E-state index in [1.165, 1.54) is 0 Å². The Morgan fingerprint density at radius 2 is 2.07 bits per heavy atom. The molecule has 2 aromatic rings. The summed E-state index contributed by atoms with van der Waals surface area (Å²) >= 11 is 1.58. The summed E-state index contributed by atoms with van der Waals surface area (Å²) in [5.41, 5.74) is 3.10. The number of aliphatic hydroxyl groups excluding tert-OH is 1. The van der Waals surface area contributed by atoms with Crippen LogP contribution in [0.4, 0.5) is 0 Å². The van der Waals surface area contributed by atoms with Crippen molar-refractivity contribution in [3.8, 4) is 0 Å². The van der Waals surface area contributed by atoms with Gasteiger partial charge in [-0.25, -0.2) is 0 Å². The van der Waals surface area contributed by atoms with E-state index in [2.05, 4.69) is 4.98 Å². The first-order chi connectivity index (χ1) is 7.20. The van der Waals surface area contributed by atoms with Crippen molar-refractivity contribution in [2.75, 3.05) is 0 Å². The monoisotopic (exact) mass is 219 g/mol. The van der Waals surface area contributed by atoms with Gasteiger partial charge in [0.2, 0.25) is 0 Å². The molecule has 0 bridgehead atoms. The van der Waals surface area contributed by atoms with Gasteiger partial charge in [-0.2, -0.15) is 0 Å². The predicted octanol–water partition coefficient (Wildman–Crippen LogP) is 2.84. The maximum Gasteiger partial charge on any atom is 0.115 e. The molecule has 0 aliphatic rings. The molecule has 0 radical (unpaired) electrons. The zero-order valence-corrected chi connectivity index (χ0v) is 9.58. The third-order valence-corrected chi connectivity index (χ3v) is 3.60. The minimum absolute atomic E-state index is 0.543. The molecule has 0 aromatic carbocycles. The van der Waals surface area contributed by atoms with Crippen LogP contribution >= 0.6 is 11.3 Å². The van der Waals surface area contributed by atoms with Crippen LogP contribution in [-0.4, -0.2) is 10.1 Å². The number of rotatable bonds is 2. The Balaban J connectivity index is 2.41. The summed E-state index contributed by atoms with van der Waals surface area (Å²) < 4.78 is 0. The lowest BCUT2D eigenvalue weighted by molar-refractivity contribution is 0.222. The zero-order valence-electron chi connectivity index (χ0n) is 8.77. The van der Waals surface area contributed by atoms with Crippen LogP contribution in [0, 0.1) is 13.8 Å². The number of thiophene rings is 1. The van der Waals surface area contributed by atoms with Gasteiger partial charge in [0.05, 0.1) is 0 Å². The highest BCUT2D eigenvalue weighted by Gasteiger charge is 2.15. The zero-order chi connectivity index (χ0) is 10.8. The lowest BCUT2D eigenvalue weighted by atomic mass is 10.0. The molecule has 2 nitrogen and oxygen atoms in total. The molecule has 0 saturated carbocycles. The first-order valence-electron chi connectivity index (χ1n) is 4.82. The highest BCUT2D eigenvalue weighted by atomic mass is 32.1. The molecule has 15 heavy (non-hydrogen) atoms. The van der Waals surface area contributed by atoms with Crippen molar-refractivity contribution in [2.24, 2.45) is 0 Å². The Hall–Kier alpha value is -1.19. The standard InChI is InChI=1S/C12H13NOS/c1-8-3-5-13-7-10(8)11(14)12-9(2)4-6-15-12/h3-7,11,14H,1-2H3. The number of pyridine rings is 1. The van der Waals surface area contributed by atoms with Gasteiger partial charge in [-0.3, -0.25) is 4.98 Å². The van der Waals surface area contributed by atoms with Crippen LogP contribution in [0.3, 0.4) is 0 Å². The maximum atomic E-state index is 10.2. The topological polar surface area (TPSA) is 33.1 Å². The van der Waals surface area contributed by atoms with Crippen LogP contribution in [0.5, 0.6) is 0 Å². The van der Waals surface area contributed by atoms with E-state index in [4.69, 9.17) is 0 Å². The normalized spacial score (nSPS) is 12.7. The van der Waals surface area contributed by atoms with Gasteiger partial charge in [0.1, 0.15) is 6.10 Å². The van der Waals surface area contributed by atoms with Crippen molar-refractivity contribution in [3.05, 3.63) is 51.5 Å². The van der Waals surface area contributed by atoms with Crippen LogP contribution in [0.2, 0.25) is 0 Å². The van der Waals surface area contributed by atoms with E-state index in [0.717, 1.165) is 21.6 Å². The molecular formula is C12H13NOS. The highest BCUT2D eigenvalue weighted by Crippen LogP contribution is 2.30. The van der Waals surface area contributed by atoms with Crippen molar-refractivity contribution >= 4 is 11.3 Å². The molecule has 1 unspecified atom stereocenters. The first kappa shape index (κ1) is 10.3. The van der Waals surface area contributed by atoms with Crippen LogP contribution in [-0.2, 0) is 0 Å².